The molecule has 4 heteroatoms. The van der Waals surface area contributed by atoms with E-state index in [2.05, 4.69) is 23.7 Å². The maximum Gasteiger partial charge on any atom is 0.119 e. The summed E-state index contributed by atoms with van der Waals surface area (Å²) in [7, 11) is 1.95. The van der Waals surface area contributed by atoms with Crippen LogP contribution in [0.3, 0.4) is 0 Å². The fourth-order valence-corrected chi connectivity index (χ4v) is 2.59. The van der Waals surface area contributed by atoms with Crippen molar-refractivity contribution in [3.8, 4) is 5.75 Å². The fourth-order valence-electron chi connectivity index (χ4n) is 1.70. The molecule has 1 aromatic carbocycles. The molecule has 0 aliphatic heterocycles. The van der Waals surface area contributed by atoms with Crippen LogP contribution in [0.1, 0.15) is 16.5 Å². The van der Waals surface area contributed by atoms with Crippen LogP contribution in [0.5, 0.6) is 5.75 Å². The number of hydrogen-bond acceptors (Lipinski definition) is 3. The maximum absolute atomic E-state index is 5.83. The van der Waals surface area contributed by atoms with Crippen molar-refractivity contribution >= 4 is 22.9 Å². The largest absolute Gasteiger partial charge is 0.492 e. The molecule has 0 amide bonds. The molecule has 1 N–H and O–H groups in total. The monoisotopic (exact) mass is 281 g/mol. The normalized spacial score (nSPS) is 12.4. The van der Waals surface area contributed by atoms with E-state index in [1.807, 2.05) is 31.3 Å². The predicted octanol–water partition coefficient (Wildman–Crippen LogP) is 4.05. The van der Waals surface area contributed by atoms with Crippen molar-refractivity contribution in [3.05, 3.63) is 51.2 Å². The zero-order valence-electron chi connectivity index (χ0n) is 10.4. The molecule has 2 rings (SSSR count). The minimum absolute atomic E-state index is 0.214. The summed E-state index contributed by atoms with van der Waals surface area (Å²) < 4.78 is 5.76. The van der Waals surface area contributed by atoms with E-state index in [1.54, 1.807) is 11.3 Å². The van der Waals surface area contributed by atoms with E-state index in [0.717, 1.165) is 10.8 Å². The standard InChI is InChI=1S/C14H16ClNOS/c1-10-7-11(9-18-10)14(16-2)8-17-13-5-3-12(15)4-6-13/h3-7,9,14,16H,8H2,1-2H3. The predicted molar refractivity (Wildman–Crippen MR) is 77.8 cm³/mol. The molecule has 0 aliphatic rings. The lowest BCUT2D eigenvalue weighted by Gasteiger charge is -2.16. The Kier molecular flexibility index (Phi) is 4.64. The van der Waals surface area contributed by atoms with E-state index in [9.17, 15) is 0 Å². The number of nitrogens with one attached hydrogen (secondary N) is 1. The highest BCUT2D eigenvalue weighted by Gasteiger charge is 2.11. The molecule has 0 saturated carbocycles. The van der Waals surface area contributed by atoms with Gasteiger partial charge in [0.2, 0.25) is 0 Å². The van der Waals surface area contributed by atoms with Crippen LogP contribution in [0.25, 0.3) is 0 Å². The molecule has 0 spiro atoms. The highest BCUT2D eigenvalue weighted by Crippen LogP contribution is 2.22. The average Bonchev–Trinajstić information content (AvgIpc) is 2.79. The third-order valence-corrected chi connectivity index (χ3v) is 3.86. The summed E-state index contributed by atoms with van der Waals surface area (Å²) in [6, 6.07) is 9.84. The Morgan fingerprint density at radius 2 is 2.06 bits per heavy atom. The van der Waals surface area contributed by atoms with Crippen LogP contribution < -0.4 is 10.1 Å². The third kappa shape index (κ3) is 3.48. The minimum atomic E-state index is 0.214. The van der Waals surface area contributed by atoms with Crippen molar-refractivity contribution < 1.29 is 4.74 Å². The summed E-state index contributed by atoms with van der Waals surface area (Å²) in [6.07, 6.45) is 0. The number of benzene rings is 1. The van der Waals surface area contributed by atoms with Gasteiger partial charge in [-0.25, -0.2) is 0 Å². The molecule has 18 heavy (non-hydrogen) atoms. The second-order valence-electron chi connectivity index (χ2n) is 4.10. The highest BCUT2D eigenvalue weighted by molar-refractivity contribution is 7.10. The van der Waals surface area contributed by atoms with Gasteiger partial charge in [0, 0.05) is 9.90 Å². The van der Waals surface area contributed by atoms with Crippen LogP contribution in [0.4, 0.5) is 0 Å². The Labute approximate surface area is 117 Å². The van der Waals surface area contributed by atoms with Crippen LogP contribution in [-0.4, -0.2) is 13.7 Å². The first kappa shape index (κ1) is 13.4. The van der Waals surface area contributed by atoms with Gasteiger partial charge in [-0.2, -0.15) is 0 Å². The summed E-state index contributed by atoms with van der Waals surface area (Å²) in [6.45, 7) is 2.72. The first-order valence-corrected chi connectivity index (χ1v) is 7.05. The first-order valence-electron chi connectivity index (χ1n) is 5.79. The van der Waals surface area contributed by atoms with Crippen molar-refractivity contribution in [1.82, 2.24) is 5.32 Å². The Morgan fingerprint density at radius 3 is 2.61 bits per heavy atom. The fraction of sp³-hybridized carbons (Fsp3) is 0.286. The number of hydrogen-bond donors (Lipinski definition) is 1. The molecule has 0 radical (unpaired) electrons. The Morgan fingerprint density at radius 1 is 1.33 bits per heavy atom. The van der Waals surface area contributed by atoms with Gasteiger partial charge in [0.1, 0.15) is 12.4 Å². The van der Waals surface area contributed by atoms with Gasteiger partial charge < -0.3 is 10.1 Å². The number of likely N-dealkylation sites (N-methyl/N-ethyl adjacent to an activating group) is 1. The van der Waals surface area contributed by atoms with E-state index >= 15 is 0 Å². The molecule has 96 valence electrons. The van der Waals surface area contributed by atoms with Crippen molar-refractivity contribution in [2.24, 2.45) is 0 Å². The highest BCUT2D eigenvalue weighted by atomic mass is 35.5. The van der Waals surface area contributed by atoms with Crippen LogP contribution in [0.2, 0.25) is 5.02 Å². The van der Waals surface area contributed by atoms with Crippen molar-refractivity contribution in [2.75, 3.05) is 13.7 Å². The number of halogens is 1. The first-order chi connectivity index (χ1) is 8.69. The Balaban J connectivity index is 1.97. The van der Waals surface area contributed by atoms with E-state index in [0.29, 0.717) is 6.61 Å². The van der Waals surface area contributed by atoms with Crippen LogP contribution >= 0.6 is 22.9 Å². The molecule has 1 atom stereocenters. The van der Waals surface area contributed by atoms with Gasteiger partial charge in [0.25, 0.3) is 0 Å². The Hall–Kier alpha value is -1.03. The van der Waals surface area contributed by atoms with Gasteiger partial charge in [-0.15, -0.1) is 11.3 Å². The summed E-state index contributed by atoms with van der Waals surface area (Å²) in [5.41, 5.74) is 1.27. The van der Waals surface area contributed by atoms with E-state index in [1.165, 1.54) is 10.4 Å². The number of ether oxygens (including phenoxy) is 1. The van der Waals surface area contributed by atoms with Crippen LogP contribution in [-0.2, 0) is 0 Å². The lowest BCUT2D eigenvalue weighted by Crippen LogP contribution is -2.22. The Bertz CT molecular complexity index is 495. The average molecular weight is 282 g/mol. The maximum atomic E-state index is 5.83. The zero-order chi connectivity index (χ0) is 13.0. The molecule has 1 unspecified atom stereocenters. The molecular weight excluding hydrogens is 266 g/mol. The molecule has 0 aliphatic carbocycles. The van der Waals surface area contributed by atoms with E-state index < -0.39 is 0 Å². The van der Waals surface area contributed by atoms with Gasteiger partial charge in [-0.1, -0.05) is 11.6 Å². The minimum Gasteiger partial charge on any atom is -0.492 e. The summed E-state index contributed by atoms with van der Waals surface area (Å²) in [5.74, 6) is 0.839. The van der Waals surface area contributed by atoms with Gasteiger partial charge in [-0.05, 0) is 55.2 Å². The lowest BCUT2D eigenvalue weighted by atomic mass is 10.1. The number of aryl methyl sites for hydroxylation is 1. The third-order valence-electron chi connectivity index (χ3n) is 2.73. The molecule has 1 aromatic heterocycles. The van der Waals surface area contributed by atoms with Crippen molar-refractivity contribution in [3.63, 3.8) is 0 Å². The van der Waals surface area contributed by atoms with Crippen molar-refractivity contribution in [1.29, 1.82) is 0 Å². The van der Waals surface area contributed by atoms with Gasteiger partial charge in [0.15, 0.2) is 0 Å². The van der Waals surface area contributed by atoms with E-state index in [4.69, 9.17) is 16.3 Å². The van der Waals surface area contributed by atoms with Crippen molar-refractivity contribution in [2.45, 2.75) is 13.0 Å². The summed E-state index contributed by atoms with van der Waals surface area (Å²) in [5, 5.41) is 6.16. The molecule has 2 nitrogen and oxygen atoms in total. The smallest absolute Gasteiger partial charge is 0.119 e. The second-order valence-corrected chi connectivity index (χ2v) is 5.65. The van der Waals surface area contributed by atoms with Gasteiger partial charge in [0.05, 0.1) is 6.04 Å². The quantitative estimate of drug-likeness (QED) is 0.893. The summed E-state index contributed by atoms with van der Waals surface area (Å²) >= 11 is 7.59. The zero-order valence-corrected chi connectivity index (χ0v) is 12.0. The van der Waals surface area contributed by atoms with Gasteiger partial charge >= 0.3 is 0 Å². The van der Waals surface area contributed by atoms with Gasteiger partial charge in [-0.3, -0.25) is 0 Å². The topological polar surface area (TPSA) is 21.3 Å². The second kappa shape index (κ2) is 6.23. The molecule has 2 aromatic rings. The number of thiophene rings is 1. The van der Waals surface area contributed by atoms with E-state index in [-0.39, 0.29) is 6.04 Å². The molecule has 0 saturated heterocycles. The molecule has 0 bridgehead atoms. The molecular formula is C14H16ClNOS. The SMILES string of the molecule is CNC(COc1ccc(Cl)cc1)c1csc(C)c1. The lowest BCUT2D eigenvalue weighted by molar-refractivity contribution is 0.273. The molecule has 0 fully saturated rings. The summed E-state index contributed by atoms with van der Waals surface area (Å²) in [4.78, 5) is 1.32. The van der Waals surface area contributed by atoms with Crippen LogP contribution in [0.15, 0.2) is 35.7 Å². The molecule has 1 heterocycles. The number of rotatable bonds is 5. The van der Waals surface area contributed by atoms with Crippen LogP contribution in [0, 0.1) is 6.92 Å².